The van der Waals surface area contributed by atoms with Gasteiger partial charge in [-0.25, -0.2) is 13.1 Å². The number of halogens is 1. The van der Waals surface area contributed by atoms with E-state index in [9.17, 15) is 8.42 Å². The van der Waals surface area contributed by atoms with Crippen molar-refractivity contribution in [2.24, 2.45) is 11.7 Å². The molecule has 0 aromatic heterocycles. The lowest BCUT2D eigenvalue weighted by atomic mass is 10.2. The van der Waals surface area contributed by atoms with Gasteiger partial charge in [0.05, 0.1) is 17.0 Å². The number of nitrogens with one attached hydrogen (secondary N) is 1. The SMILES string of the molecule is COc1cc(C)c(S(=O)(=O)NC(CN)C2CC2)cc1Cl. The van der Waals surface area contributed by atoms with Crippen molar-refractivity contribution >= 4 is 21.6 Å². The summed E-state index contributed by atoms with van der Waals surface area (Å²) in [6.45, 7) is 2.01. The first-order chi connectivity index (χ1) is 9.39. The quantitative estimate of drug-likeness (QED) is 0.836. The second-order valence-electron chi connectivity index (χ2n) is 5.05. The van der Waals surface area contributed by atoms with Crippen LogP contribution in [-0.2, 0) is 10.0 Å². The molecule has 0 saturated heterocycles. The average Bonchev–Trinajstić information content (AvgIpc) is 3.22. The lowest BCUT2D eigenvalue weighted by molar-refractivity contribution is 0.414. The number of methoxy groups -OCH3 is 1. The van der Waals surface area contributed by atoms with E-state index in [1.165, 1.54) is 13.2 Å². The molecule has 1 fully saturated rings. The van der Waals surface area contributed by atoms with Crippen LogP contribution in [0.2, 0.25) is 5.02 Å². The highest BCUT2D eigenvalue weighted by molar-refractivity contribution is 7.89. The largest absolute Gasteiger partial charge is 0.495 e. The summed E-state index contributed by atoms with van der Waals surface area (Å²) in [4.78, 5) is 0.169. The van der Waals surface area contributed by atoms with Gasteiger partial charge in [0.25, 0.3) is 0 Å². The van der Waals surface area contributed by atoms with Crippen LogP contribution in [0.3, 0.4) is 0 Å². The summed E-state index contributed by atoms with van der Waals surface area (Å²) in [6.07, 6.45) is 2.04. The Morgan fingerprint density at radius 1 is 1.50 bits per heavy atom. The van der Waals surface area contributed by atoms with Crippen molar-refractivity contribution in [3.8, 4) is 5.75 Å². The zero-order valence-corrected chi connectivity index (χ0v) is 13.1. The van der Waals surface area contributed by atoms with Crippen LogP contribution in [-0.4, -0.2) is 28.1 Å². The molecule has 0 bridgehead atoms. The molecule has 1 atom stereocenters. The van der Waals surface area contributed by atoms with Gasteiger partial charge >= 0.3 is 0 Å². The third-order valence-electron chi connectivity index (χ3n) is 3.49. The zero-order chi connectivity index (χ0) is 14.9. The molecule has 1 aliphatic rings. The van der Waals surface area contributed by atoms with Gasteiger partial charge in [-0.15, -0.1) is 0 Å². The van der Waals surface area contributed by atoms with Crippen LogP contribution in [0.1, 0.15) is 18.4 Å². The summed E-state index contributed by atoms with van der Waals surface area (Å²) in [5.74, 6) is 0.810. The molecule has 0 heterocycles. The van der Waals surface area contributed by atoms with E-state index in [2.05, 4.69) is 4.72 Å². The van der Waals surface area contributed by atoms with Gasteiger partial charge in [-0.2, -0.15) is 0 Å². The lowest BCUT2D eigenvalue weighted by Crippen LogP contribution is -2.41. The second-order valence-corrected chi connectivity index (χ2v) is 7.14. The zero-order valence-electron chi connectivity index (χ0n) is 11.5. The molecule has 1 aromatic carbocycles. The Hall–Kier alpha value is -0.820. The molecule has 0 aliphatic heterocycles. The molecule has 0 amide bonds. The molecule has 3 N–H and O–H groups in total. The average molecular weight is 319 g/mol. The molecular formula is C13H19ClN2O3S. The Balaban J connectivity index is 2.31. The Morgan fingerprint density at radius 3 is 2.65 bits per heavy atom. The Morgan fingerprint density at radius 2 is 2.15 bits per heavy atom. The number of sulfonamides is 1. The normalized spacial score (nSPS) is 17.0. The summed E-state index contributed by atoms with van der Waals surface area (Å²) in [5.41, 5.74) is 6.23. The van der Waals surface area contributed by atoms with Crippen LogP contribution in [0, 0.1) is 12.8 Å². The van der Waals surface area contributed by atoms with Gasteiger partial charge < -0.3 is 10.5 Å². The van der Waals surface area contributed by atoms with Crippen molar-refractivity contribution in [2.75, 3.05) is 13.7 Å². The maximum atomic E-state index is 12.4. The number of rotatable bonds is 6. The van der Waals surface area contributed by atoms with Gasteiger partial charge in [-0.05, 0) is 43.4 Å². The fourth-order valence-electron chi connectivity index (χ4n) is 2.18. The first kappa shape index (κ1) is 15.6. The predicted molar refractivity (Wildman–Crippen MR) is 78.6 cm³/mol. The van der Waals surface area contributed by atoms with Crippen LogP contribution >= 0.6 is 11.6 Å². The van der Waals surface area contributed by atoms with E-state index in [1.54, 1.807) is 13.0 Å². The summed E-state index contributed by atoms with van der Waals surface area (Å²) in [6, 6.07) is 2.82. The minimum Gasteiger partial charge on any atom is -0.495 e. The van der Waals surface area contributed by atoms with Crippen molar-refractivity contribution < 1.29 is 13.2 Å². The highest BCUT2D eigenvalue weighted by Gasteiger charge is 2.34. The molecule has 5 nitrogen and oxygen atoms in total. The van der Waals surface area contributed by atoms with E-state index < -0.39 is 10.0 Å². The number of ether oxygens (including phenoxy) is 1. The van der Waals surface area contributed by atoms with Crippen molar-refractivity contribution in [1.82, 2.24) is 4.72 Å². The molecule has 0 spiro atoms. The Bertz CT molecular complexity index is 600. The van der Waals surface area contributed by atoms with Gasteiger partial charge in [0.1, 0.15) is 5.75 Å². The van der Waals surface area contributed by atoms with Gasteiger partial charge in [-0.3, -0.25) is 0 Å². The van der Waals surface area contributed by atoms with Crippen molar-refractivity contribution in [3.63, 3.8) is 0 Å². The third kappa shape index (κ3) is 3.25. The Kier molecular flexibility index (Phi) is 4.59. The van der Waals surface area contributed by atoms with Gasteiger partial charge in [0.2, 0.25) is 10.0 Å². The van der Waals surface area contributed by atoms with Crippen molar-refractivity contribution in [1.29, 1.82) is 0 Å². The maximum Gasteiger partial charge on any atom is 0.241 e. The number of nitrogens with two attached hydrogens (primary N) is 1. The molecule has 1 aliphatic carbocycles. The number of benzene rings is 1. The van der Waals surface area contributed by atoms with E-state index in [0.717, 1.165) is 12.8 Å². The topological polar surface area (TPSA) is 81.4 Å². The smallest absolute Gasteiger partial charge is 0.241 e. The van der Waals surface area contributed by atoms with E-state index in [1.807, 2.05) is 0 Å². The number of hydrogen-bond acceptors (Lipinski definition) is 4. The molecule has 1 aromatic rings. The monoisotopic (exact) mass is 318 g/mol. The molecule has 1 unspecified atom stereocenters. The van der Waals surface area contributed by atoms with Crippen LogP contribution < -0.4 is 15.2 Å². The molecule has 112 valence electrons. The van der Waals surface area contributed by atoms with Gasteiger partial charge in [0, 0.05) is 12.6 Å². The highest BCUT2D eigenvalue weighted by atomic mass is 35.5. The van der Waals surface area contributed by atoms with E-state index >= 15 is 0 Å². The molecule has 2 rings (SSSR count). The fourth-order valence-corrected chi connectivity index (χ4v) is 4.06. The fraction of sp³-hybridized carbons (Fsp3) is 0.538. The van der Waals surface area contributed by atoms with E-state index in [0.29, 0.717) is 23.8 Å². The van der Waals surface area contributed by atoms with Crippen LogP contribution in [0.15, 0.2) is 17.0 Å². The lowest BCUT2D eigenvalue weighted by Gasteiger charge is -2.18. The van der Waals surface area contributed by atoms with Gasteiger partial charge in [0.15, 0.2) is 0 Å². The maximum absolute atomic E-state index is 12.4. The first-order valence-corrected chi connectivity index (χ1v) is 8.31. The summed E-state index contributed by atoms with van der Waals surface area (Å²) in [5, 5.41) is 0.272. The minimum atomic E-state index is -3.62. The van der Waals surface area contributed by atoms with E-state index in [4.69, 9.17) is 22.1 Å². The van der Waals surface area contributed by atoms with Gasteiger partial charge in [-0.1, -0.05) is 11.6 Å². The van der Waals surface area contributed by atoms with Crippen molar-refractivity contribution in [2.45, 2.75) is 30.7 Å². The number of aryl methyl sites for hydroxylation is 1. The molecule has 20 heavy (non-hydrogen) atoms. The van der Waals surface area contributed by atoms with E-state index in [-0.39, 0.29) is 16.0 Å². The van der Waals surface area contributed by atoms with Crippen LogP contribution in [0.25, 0.3) is 0 Å². The summed E-state index contributed by atoms with van der Waals surface area (Å²) in [7, 11) is -2.13. The predicted octanol–water partition coefficient (Wildman–Crippen LogP) is 1.67. The standard InChI is InChI=1S/C13H19ClN2O3S/c1-8-5-12(19-2)10(14)6-13(8)20(17,18)16-11(7-15)9-3-4-9/h5-6,9,11,16H,3-4,7,15H2,1-2H3. The second kappa shape index (κ2) is 5.89. The first-order valence-electron chi connectivity index (χ1n) is 6.45. The molecular weight excluding hydrogens is 300 g/mol. The summed E-state index contributed by atoms with van der Waals surface area (Å²) < 4.78 is 32.6. The molecule has 1 saturated carbocycles. The Labute approximate surface area is 124 Å². The number of hydrogen-bond donors (Lipinski definition) is 2. The van der Waals surface area contributed by atoms with Crippen molar-refractivity contribution in [3.05, 3.63) is 22.7 Å². The molecule has 7 heteroatoms. The minimum absolute atomic E-state index is 0.169. The third-order valence-corrected chi connectivity index (χ3v) is 5.42. The highest BCUT2D eigenvalue weighted by Crippen LogP contribution is 2.34. The summed E-state index contributed by atoms with van der Waals surface area (Å²) >= 11 is 6.01. The van der Waals surface area contributed by atoms with Crippen LogP contribution in [0.5, 0.6) is 5.75 Å². The molecule has 0 radical (unpaired) electrons. The van der Waals surface area contributed by atoms with Crippen LogP contribution in [0.4, 0.5) is 0 Å².